The van der Waals surface area contributed by atoms with Gasteiger partial charge in [-0.25, -0.2) is 9.37 Å². The molecule has 0 aliphatic rings. The molecule has 0 atom stereocenters. The maximum absolute atomic E-state index is 12.9. The monoisotopic (exact) mass is 281 g/mol. The SMILES string of the molecule is CCCNc1nccc(Oc2ccc(F)cc2Cl)n1. The van der Waals surface area contributed by atoms with Crippen LogP contribution in [-0.2, 0) is 0 Å². The van der Waals surface area contributed by atoms with Gasteiger partial charge in [0.25, 0.3) is 0 Å². The fourth-order valence-electron chi connectivity index (χ4n) is 1.39. The Morgan fingerprint density at radius 1 is 1.37 bits per heavy atom. The van der Waals surface area contributed by atoms with Crippen molar-refractivity contribution in [2.75, 3.05) is 11.9 Å². The van der Waals surface area contributed by atoms with Crippen molar-refractivity contribution in [1.29, 1.82) is 0 Å². The number of nitrogens with zero attached hydrogens (tertiary/aromatic N) is 2. The van der Waals surface area contributed by atoms with E-state index in [4.69, 9.17) is 16.3 Å². The van der Waals surface area contributed by atoms with Gasteiger partial charge in [0.1, 0.15) is 11.6 Å². The molecule has 2 rings (SSSR count). The van der Waals surface area contributed by atoms with E-state index in [2.05, 4.69) is 15.3 Å². The molecule has 1 N–H and O–H groups in total. The predicted molar refractivity (Wildman–Crippen MR) is 72.3 cm³/mol. The molecule has 0 aliphatic carbocycles. The molecule has 1 aromatic carbocycles. The Balaban J connectivity index is 2.14. The molecule has 0 amide bonds. The van der Waals surface area contributed by atoms with Crippen molar-refractivity contribution in [2.45, 2.75) is 13.3 Å². The highest BCUT2D eigenvalue weighted by atomic mass is 35.5. The highest BCUT2D eigenvalue weighted by Gasteiger charge is 2.06. The average molecular weight is 282 g/mol. The molecular weight excluding hydrogens is 269 g/mol. The number of aromatic nitrogens is 2. The van der Waals surface area contributed by atoms with Crippen LogP contribution in [0.2, 0.25) is 5.02 Å². The first-order valence-electron chi connectivity index (χ1n) is 5.89. The molecular formula is C13H13ClFN3O. The molecule has 0 aliphatic heterocycles. The van der Waals surface area contributed by atoms with E-state index in [0.717, 1.165) is 13.0 Å². The zero-order valence-corrected chi connectivity index (χ0v) is 11.1. The highest BCUT2D eigenvalue weighted by molar-refractivity contribution is 6.32. The molecule has 1 heterocycles. The molecule has 0 saturated heterocycles. The Morgan fingerprint density at radius 2 is 2.21 bits per heavy atom. The summed E-state index contributed by atoms with van der Waals surface area (Å²) >= 11 is 5.88. The fraction of sp³-hybridized carbons (Fsp3) is 0.231. The number of rotatable bonds is 5. The summed E-state index contributed by atoms with van der Waals surface area (Å²) in [5.41, 5.74) is 0. The minimum absolute atomic E-state index is 0.196. The summed E-state index contributed by atoms with van der Waals surface area (Å²) in [7, 11) is 0. The maximum Gasteiger partial charge on any atom is 0.225 e. The van der Waals surface area contributed by atoms with Crippen molar-refractivity contribution in [2.24, 2.45) is 0 Å². The molecule has 19 heavy (non-hydrogen) atoms. The van der Waals surface area contributed by atoms with Crippen molar-refractivity contribution in [1.82, 2.24) is 9.97 Å². The van der Waals surface area contributed by atoms with Gasteiger partial charge in [0.05, 0.1) is 5.02 Å². The van der Waals surface area contributed by atoms with E-state index in [1.54, 1.807) is 12.3 Å². The maximum atomic E-state index is 12.9. The minimum atomic E-state index is -0.412. The van der Waals surface area contributed by atoms with Crippen LogP contribution < -0.4 is 10.1 Å². The van der Waals surface area contributed by atoms with E-state index in [-0.39, 0.29) is 5.02 Å². The number of hydrogen-bond donors (Lipinski definition) is 1. The zero-order chi connectivity index (χ0) is 13.7. The van der Waals surface area contributed by atoms with Crippen LogP contribution in [0, 0.1) is 5.82 Å². The number of hydrogen-bond acceptors (Lipinski definition) is 4. The summed E-state index contributed by atoms with van der Waals surface area (Å²) in [6.45, 7) is 2.83. The van der Waals surface area contributed by atoms with E-state index in [1.807, 2.05) is 6.92 Å². The third kappa shape index (κ3) is 3.79. The Bertz CT molecular complexity index is 565. The summed E-state index contributed by atoms with van der Waals surface area (Å²) in [5.74, 6) is 0.772. The zero-order valence-electron chi connectivity index (χ0n) is 10.4. The summed E-state index contributed by atoms with van der Waals surface area (Å²) in [5, 5.41) is 3.25. The molecule has 100 valence electrons. The highest BCUT2D eigenvalue weighted by Crippen LogP contribution is 2.28. The van der Waals surface area contributed by atoms with Crippen molar-refractivity contribution in [3.8, 4) is 11.6 Å². The van der Waals surface area contributed by atoms with E-state index in [9.17, 15) is 4.39 Å². The van der Waals surface area contributed by atoms with Crippen LogP contribution in [0.4, 0.5) is 10.3 Å². The first-order chi connectivity index (χ1) is 9.19. The number of ether oxygens (including phenoxy) is 1. The van der Waals surface area contributed by atoms with E-state index in [0.29, 0.717) is 17.6 Å². The van der Waals surface area contributed by atoms with Gasteiger partial charge in [-0.15, -0.1) is 0 Å². The lowest BCUT2D eigenvalue weighted by molar-refractivity contribution is 0.461. The number of halogens is 2. The molecule has 4 nitrogen and oxygen atoms in total. The lowest BCUT2D eigenvalue weighted by Crippen LogP contribution is -2.04. The molecule has 0 bridgehead atoms. The number of nitrogens with one attached hydrogen (secondary N) is 1. The molecule has 0 radical (unpaired) electrons. The lowest BCUT2D eigenvalue weighted by atomic mass is 10.3. The average Bonchev–Trinajstić information content (AvgIpc) is 2.40. The summed E-state index contributed by atoms with van der Waals surface area (Å²) in [6, 6.07) is 5.53. The summed E-state index contributed by atoms with van der Waals surface area (Å²) < 4.78 is 18.4. The Labute approximate surface area is 115 Å². The van der Waals surface area contributed by atoms with Crippen LogP contribution in [0.1, 0.15) is 13.3 Å². The van der Waals surface area contributed by atoms with Gasteiger partial charge in [-0.3, -0.25) is 0 Å². The van der Waals surface area contributed by atoms with Crippen molar-refractivity contribution in [3.63, 3.8) is 0 Å². The van der Waals surface area contributed by atoms with E-state index in [1.165, 1.54) is 18.2 Å². The van der Waals surface area contributed by atoms with Gasteiger partial charge in [0.2, 0.25) is 11.8 Å². The Kier molecular flexibility index (Phi) is 4.52. The van der Waals surface area contributed by atoms with Crippen LogP contribution in [0.15, 0.2) is 30.5 Å². The van der Waals surface area contributed by atoms with Gasteiger partial charge in [0, 0.05) is 18.8 Å². The van der Waals surface area contributed by atoms with Gasteiger partial charge in [-0.1, -0.05) is 18.5 Å². The number of anilines is 1. The first kappa shape index (κ1) is 13.5. The van der Waals surface area contributed by atoms with Crippen molar-refractivity contribution < 1.29 is 9.13 Å². The minimum Gasteiger partial charge on any atom is -0.437 e. The van der Waals surface area contributed by atoms with E-state index >= 15 is 0 Å². The topological polar surface area (TPSA) is 47.0 Å². The third-order valence-corrected chi connectivity index (χ3v) is 2.57. The van der Waals surface area contributed by atoms with Crippen LogP contribution in [0.25, 0.3) is 0 Å². The van der Waals surface area contributed by atoms with Crippen LogP contribution in [0.3, 0.4) is 0 Å². The lowest BCUT2D eigenvalue weighted by Gasteiger charge is -2.08. The van der Waals surface area contributed by atoms with Gasteiger partial charge in [-0.2, -0.15) is 4.98 Å². The second-order valence-corrected chi connectivity index (χ2v) is 4.23. The molecule has 0 saturated carbocycles. The first-order valence-corrected chi connectivity index (χ1v) is 6.26. The fourth-order valence-corrected chi connectivity index (χ4v) is 1.60. The molecule has 6 heteroatoms. The Morgan fingerprint density at radius 3 is 2.95 bits per heavy atom. The molecule has 1 aromatic heterocycles. The predicted octanol–water partition coefficient (Wildman–Crippen LogP) is 3.88. The van der Waals surface area contributed by atoms with Crippen molar-refractivity contribution >= 4 is 17.5 Å². The smallest absolute Gasteiger partial charge is 0.225 e. The quantitative estimate of drug-likeness (QED) is 0.903. The van der Waals surface area contributed by atoms with Gasteiger partial charge >= 0.3 is 0 Å². The molecule has 0 spiro atoms. The standard InChI is InChI=1S/C13H13ClFN3O/c1-2-6-16-13-17-7-5-12(18-13)19-11-4-3-9(15)8-10(11)14/h3-5,7-8H,2,6H2,1H3,(H,16,17,18). The van der Waals surface area contributed by atoms with Crippen LogP contribution in [-0.4, -0.2) is 16.5 Å². The van der Waals surface area contributed by atoms with Crippen LogP contribution >= 0.6 is 11.6 Å². The second kappa shape index (κ2) is 6.33. The third-order valence-electron chi connectivity index (χ3n) is 2.27. The molecule has 0 fully saturated rings. The summed E-state index contributed by atoms with van der Waals surface area (Å²) in [6.07, 6.45) is 2.55. The molecule has 0 unspecified atom stereocenters. The summed E-state index contributed by atoms with van der Waals surface area (Å²) in [4.78, 5) is 8.23. The van der Waals surface area contributed by atoms with Gasteiger partial charge in [-0.05, 0) is 24.6 Å². The van der Waals surface area contributed by atoms with Gasteiger partial charge < -0.3 is 10.1 Å². The van der Waals surface area contributed by atoms with Gasteiger partial charge in [0.15, 0.2) is 0 Å². The van der Waals surface area contributed by atoms with Crippen LogP contribution in [0.5, 0.6) is 11.6 Å². The molecule has 2 aromatic rings. The second-order valence-electron chi connectivity index (χ2n) is 3.82. The van der Waals surface area contributed by atoms with Crippen molar-refractivity contribution in [3.05, 3.63) is 41.3 Å². The normalized spacial score (nSPS) is 10.3. The number of benzene rings is 1. The van der Waals surface area contributed by atoms with E-state index < -0.39 is 5.82 Å². The largest absolute Gasteiger partial charge is 0.437 e. The Hall–Kier alpha value is -1.88.